The van der Waals surface area contributed by atoms with Crippen LogP contribution in [0.5, 0.6) is 0 Å². The number of hydrogen-bond donors (Lipinski definition) is 2. The number of aryl methyl sites for hydroxylation is 1. The van der Waals surface area contributed by atoms with Crippen molar-refractivity contribution < 1.29 is 8.42 Å². The molecule has 4 nitrogen and oxygen atoms in total. The van der Waals surface area contributed by atoms with Crippen LogP contribution in [0.2, 0.25) is 10.0 Å². The van der Waals surface area contributed by atoms with Gasteiger partial charge >= 0.3 is 0 Å². The molecule has 1 aliphatic rings. The Balaban J connectivity index is 1.94. The summed E-state index contributed by atoms with van der Waals surface area (Å²) in [7, 11) is -3.84. The number of rotatable bonds is 3. The highest BCUT2D eigenvalue weighted by molar-refractivity contribution is 7.93. The maximum Gasteiger partial charge on any atom is 0.264 e. The molecule has 0 fully saturated rings. The van der Waals surface area contributed by atoms with Gasteiger partial charge in [-0.3, -0.25) is 4.72 Å². The first-order valence-electron chi connectivity index (χ1n) is 7.27. The summed E-state index contributed by atoms with van der Waals surface area (Å²) >= 11 is 12.0. The Morgan fingerprint density at radius 3 is 2.52 bits per heavy atom. The molecule has 0 bridgehead atoms. The number of halogens is 2. The minimum atomic E-state index is -3.84. The van der Waals surface area contributed by atoms with E-state index in [1.807, 2.05) is 12.1 Å². The monoisotopic (exact) mass is 370 g/mol. The van der Waals surface area contributed by atoms with E-state index in [9.17, 15) is 8.42 Å². The zero-order valence-corrected chi connectivity index (χ0v) is 14.6. The van der Waals surface area contributed by atoms with Crippen LogP contribution in [0.15, 0.2) is 41.3 Å². The van der Waals surface area contributed by atoms with Crippen molar-refractivity contribution in [3.8, 4) is 0 Å². The maximum absolute atomic E-state index is 12.6. The van der Waals surface area contributed by atoms with E-state index in [1.165, 1.54) is 17.7 Å². The van der Waals surface area contributed by atoms with E-state index in [-0.39, 0.29) is 14.9 Å². The fourth-order valence-corrected chi connectivity index (χ4v) is 4.87. The average molecular weight is 371 g/mol. The van der Waals surface area contributed by atoms with Crippen LogP contribution in [0.4, 0.5) is 5.69 Å². The average Bonchev–Trinajstić information content (AvgIpc) is 2.71. The van der Waals surface area contributed by atoms with Crippen molar-refractivity contribution in [3.63, 3.8) is 0 Å². The molecular formula is C16H16Cl2N2O2S. The first kappa shape index (κ1) is 16.6. The molecule has 0 spiro atoms. The summed E-state index contributed by atoms with van der Waals surface area (Å²) in [6, 6.07) is 10.2. The quantitative estimate of drug-likeness (QED) is 0.862. The lowest BCUT2D eigenvalue weighted by Crippen LogP contribution is -2.15. The van der Waals surface area contributed by atoms with Gasteiger partial charge in [-0.2, -0.15) is 0 Å². The molecule has 0 saturated carbocycles. The second-order valence-electron chi connectivity index (χ2n) is 5.42. The van der Waals surface area contributed by atoms with Gasteiger partial charge in [0.25, 0.3) is 10.0 Å². The van der Waals surface area contributed by atoms with E-state index < -0.39 is 10.0 Å². The third-order valence-corrected chi connectivity index (χ3v) is 6.10. The summed E-state index contributed by atoms with van der Waals surface area (Å²) < 4.78 is 27.7. The lowest BCUT2D eigenvalue weighted by Gasteiger charge is -2.13. The number of anilines is 1. The Hall–Kier alpha value is -1.27. The zero-order chi connectivity index (χ0) is 16.4. The van der Waals surface area contributed by atoms with E-state index in [2.05, 4.69) is 10.0 Å². The van der Waals surface area contributed by atoms with Crippen molar-refractivity contribution in [2.75, 3.05) is 11.3 Å². The van der Waals surface area contributed by atoms with E-state index >= 15 is 0 Å². The van der Waals surface area contributed by atoms with Gasteiger partial charge in [0.2, 0.25) is 0 Å². The Morgan fingerprint density at radius 2 is 1.78 bits per heavy atom. The summed E-state index contributed by atoms with van der Waals surface area (Å²) in [6.45, 7) is 1.70. The third-order valence-electron chi connectivity index (χ3n) is 3.76. The van der Waals surface area contributed by atoms with Crippen LogP contribution in [0, 0.1) is 0 Å². The Labute approximate surface area is 145 Å². The SMILES string of the molecule is O=S(=O)(Nc1ccc2c(c1)CNCCC2)c1c(Cl)cccc1Cl. The van der Waals surface area contributed by atoms with Crippen LogP contribution in [-0.2, 0) is 23.0 Å². The molecule has 0 unspecified atom stereocenters. The molecule has 0 radical (unpaired) electrons. The van der Waals surface area contributed by atoms with E-state index in [0.29, 0.717) is 5.69 Å². The summed E-state index contributed by atoms with van der Waals surface area (Å²) in [5, 5.41) is 3.52. The van der Waals surface area contributed by atoms with Crippen molar-refractivity contribution in [3.05, 3.63) is 57.6 Å². The molecule has 0 aliphatic carbocycles. The number of nitrogens with one attached hydrogen (secondary N) is 2. The van der Waals surface area contributed by atoms with Crippen molar-refractivity contribution in [1.29, 1.82) is 0 Å². The van der Waals surface area contributed by atoms with Gasteiger partial charge in [0.1, 0.15) is 4.90 Å². The van der Waals surface area contributed by atoms with Gasteiger partial charge in [0.15, 0.2) is 0 Å². The van der Waals surface area contributed by atoms with Crippen LogP contribution in [0.1, 0.15) is 17.5 Å². The molecule has 0 saturated heterocycles. The summed E-state index contributed by atoms with van der Waals surface area (Å²) in [4.78, 5) is -0.101. The highest BCUT2D eigenvalue weighted by atomic mass is 35.5. The third kappa shape index (κ3) is 3.63. The second-order valence-corrected chi connectivity index (χ2v) is 7.85. The van der Waals surface area contributed by atoms with Crippen LogP contribution in [0.3, 0.4) is 0 Å². The molecule has 1 aliphatic heterocycles. The smallest absolute Gasteiger partial charge is 0.264 e. The lowest BCUT2D eigenvalue weighted by atomic mass is 10.0. The van der Waals surface area contributed by atoms with Crippen LogP contribution in [0.25, 0.3) is 0 Å². The molecule has 2 aromatic rings. The summed E-state index contributed by atoms with van der Waals surface area (Å²) in [5.74, 6) is 0. The predicted octanol–water partition coefficient (Wildman–Crippen LogP) is 3.83. The van der Waals surface area contributed by atoms with Crippen LogP contribution >= 0.6 is 23.2 Å². The highest BCUT2D eigenvalue weighted by Gasteiger charge is 2.22. The van der Waals surface area contributed by atoms with Gasteiger partial charge in [-0.05, 0) is 54.8 Å². The fourth-order valence-electron chi connectivity index (χ4n) is 2.67. The molecule has 0 atom stereocenters. The van der Waals surface area contributed by atoms with Crippen LogP contribution < -0.4 is 10.0 Å². The predicted molar refractivity (Wildman–Crippen MR) is 93.7 cm³/mol. The van der Waals surface area contributed by atoms with Gasteiger partial charge in [0, 0.05) is 12.2 Å². The first-order valence-corrected chi connectivity index (χ1v) is 9.50. The maximum atomic E-state index is 12.6. The largest absolute Gasteiger partial charge is 0.313 e. The fraction of sp³-hybridized carbons (Fsp3) is 0.250. The Bertz CT molecular complexity index is 818. The van der Waals surface area contributed by atoms with E-state index in [4.69, 9.17) is 23.2 Å². The van der Waals surface area contributed by atoms with Gasteiger partial charge in [-0.1, -0.05) is 35.3 Å². The normalized spacial score (nSPS) is 14.9. The molecule has 7 heteroatoms. The van der Waals surface area contributed by atoms with Gasteiger partial charge in [0.05, 0.1) is 10.0 Å². The number of hydrogen-bond acceptors (Lipinski definition) is 3. The second kappa shape index (κ2) is 6.69. The minimum Gasteiger partial charge on any atom is -0.313 e. The molecule has 1 heterocycles. The molecule has 0 aromatic heterocycles. The number of benzene rings is 2. The van der Waals surface area contributed by atoms with E-state index in [0.717, 1.165) is 31.5 Å². The molecule has 122 valence electrons. The molecule has 0 amide bonds. The standard InChI is InChI=1S/C16H16Cl2N2O2S/c17-14-4-1-5-15(18)16(14)23(21,22)20-13-7-6-11-3-2-8-19-10-12(11)9-13/h1,4-7,9,19-20H,2-3,8,10H2. The molecular weight excluding hydrogens is 355 g/mol. The molecule has 3 rings (SSSR count). The van der Waals surface area contributed by atoms with Crippen molar-refractivity contribution in [2.24, 2.45) is 0 Å². The van der Waals surface area contributed by atoms with Gasteiger partial charge < -0.3 is 5.32 Å². The van der Waals surface area contributed by atoms with E-state index in [1.54, 1.807) is 12.1 Å². The lowest BCUT2D eigenvalue weighted by molar-refractivity contribution is 0.601. The molecule has 2 N–H and O–H groups in total. The summed E-state index contributed by atoms with van der Waals surface area (Å²) in [5.41, 5.74) is 2.85. The zero-order valence-electron chi connectivity index (χ0n) is 12.3. The van der Waals surface area contributed by atoms with Crippen LogP contribution in [-0.4, -0.2) is 15.0 Å². The Morgan fingerprint density at radius 1 is 1.04 bits per heavy atom. The van der Waals surface area contributed by atoms with Gasteiger partial charge in [-0.25, -0.2) is 8.42 Å². The molecule has 2 aromatic carbocycles. The number of sulfonamides is 1. The van der Waals surface area contributed by atoms with Crippen molar-refractivity contribution in [1.82, 2.24) is 5.32 Å². The number of fused-ring (bicyclic) bond motifs is 1. The minimum absolute atomic E-state index is 0.0985. The van der Waals surface area contributed by atoms with Crippen molar-refractivity contribution in [2.45, 2.75) is 24.3 Å². The highest BCUT2D eigenvalue weighted by Crippen LogP contribution is 2.31. The molecule has 23 heavy (non-hydrogen) atoms. The van der Waals surface area contributed by atoms with Gasteiger partial charge in [-0.15, -0.1) is 0 Å². The first-order chi connectivity index (χ1) is 11.0. The van der Waals surface area contributed by atoms with Crippen molar-refractivity contribution >= 4 is 38.9 Å². The summed E-state index contributed by atoms with van der Waals surface area (Å²) in [6.07, 6.45) is 2.07. The Kier molecular flexibility index (Phi) is 4.82. The topological polar surface area (TPSA) is 58.2 Å².